The van der Waals surface area contributed by atoms with Crippen LogP contribution >= 0.6 is 0 Å². The van der Waals surface area contributed by atoms with E-state index in [4.69, 9.17) is 0 Å². The monoisotopic (exact) mass is 291 g/mol. The molecule has 0 aliphatic carbocycles. The topological polar surface area (TPSA) is 52.6 Å². The lowest BCUT2D eigenvalue weighted by Crippen LogP contribution is -2.41. The molecule has 5 nitrogen and oxygen atoms in total. The molecule has 0 amide bonds. The fraction of sp³-hybridized carbons (Fsp3) is 1.00. The van der Waals surface area contributed by atoms with Crippen molar-refractivity contribution in [2.45, 2.75) is 25.8 Å². The molecular weight excluding hydrogens is 262 g/mol. The van der Waals surface area contributed by atoms with Crippen LogP contribution in [0, 0.1) is 0 Å². The zero-order valence-corrected chi connectivity index (χ0v) is 13.4. The normalized spacial score (nSPS) is 21.4. The van der Waals surface area contributed by atoms with Gasteiger partial charge in [-0.05, 0) is 33.0 Å². The molecule has 1 saturated heterocycles. The van der Waals surface area contributed by atoms with Crippen molar-refractivity contribution in [3.05, 3.63) is 0 Å². The van der Waals surface area contributed by atoms with Gasteiger partial charge < -0.3 is 10.2 Å². The Labute approximate surface area is 118 Å². The first-order valence-electron chi connectivity index (χ1n) is 7.23. The molecule has 1 fully saturated rings. The summed E-state index contributed by atoms with van der Waals surface area (Å²) >= 11 is 0. The number of sulfone groups is 1. The van der Waals surface area contributed by atoms with Gasteiger partial charge in [-0.15, -0.1) is 0 Å². The molecule has 0 aromatic rings. The van der Waals surface area contributed by atoms with Gasteiger partial charge >= 0.3 is 0 Å². The van der Waals surface area contributed by atoms with E-state index >= 15 is 0 Å². The second kappa shape index (κ2) is 8.19. The first-order chi connectivity index (χ1) is 8.92. The van der Waals surface area contributed by atoms with Crippen LogP contribution in [0.15, 0.2) is 0 Å². The molecule has 1 atom stereocenters. The number of hydrogen-bond acceptors (Lipinski definition) is 5. The molecule has 1 unspecified atom stereocenters. The van der Waals surface area contributed by atoms with E-state index in [-0.39, 0.29) is 5.75 Å². The van der Waals surface area contributed by atoms with E-state index in [1.165, 1.54) is 25.6 Å². The summed E-state index contributed by atoms with van der Waals surface area (Å²) in [5, 5.41) is 3.19. The van der Waals surface area contributed by atoms with E-state index in [2.05, 4.69) is 29.1 Å². The van der Waals surface area contributed by atoms with Crippen molar-refractivity contribution in [2.24, 2.45) is 0 Å². The lowest BCUT2D eigenvalue weighted by molar-refractivity contribution is 0.199. The molecule has 0 spiro atoms. The second-order valence-corrected chi connectivity index (χ2v) is 7.83. The zero-order valence-electron chi connectivity index (χ0n) is 12.6. The minimum Gasteiger partial charge on any atom is -0.314 e. The first kappa shape index (κ1) is 16.9. The number of hydrogen-bond donors (Lipinski definition) is 1. The Kier molecular flexibility index (Phi) is 7.28. The molecule has 1 aliphatic rings. The fourth-order valence-corrected chi connectivity index (χ4v) is 3.14. The molecule has 114 valence electrons. The molecule has 0 radical (unpaired) electrons. The predicted octanol–water partition coefficient (Wildman–Crippen LogP) is 0.0367. The molecule has 6 heteroatoms. The minimum absolute atomic E-state index is 0.225. The Hall–Kier alpha value is -0.170. The van der Waals surface area contributed by atoms with Gasteiger partial charge in [0.25, 0.3) is 0 Å². The summed E-state index contributed by atoms with van der Waals surface area (Å²) in [5.74, 6) is 0.225. The second-order valence-electron chi connectivity index (χ2n) is 5.57. The average Bonchev–Trinajstić information content (AvgIpc) is 2.74. The third-order valence-corrected chi connectivity index (χ3v) is 4.69. The summed E-state index contributed by atoms with van der Waals surface area (Å²) in [4.78, 5) is 4.89. The summed E-state index contributed by atoms with van der Waals surface area (Å²) in [6.45, 7) is 8.10. The van der Waals surface area contributed by atoms with Crippen LogP contribution < -0.4 is 5.32 Å². The standard InChI is InChI=1S/C13H29N3O2S/c1-4-16-9-5-6-13(16)12-15(2)10-7-14-8-11-19(3,17)18/h13-14H,4-12H2,1-3H3. The number of likely N-dealkylation sites (N-methyl/N-ethyl adjacent to an activating group) is 2. The molecule has 19 heavy (non-hydrogen) atoms. The highest BCUT2D eigenvalue weighted by molar-refractivity contribution is 7.90. The third kappa shape index (κ3) is 7.25. The first-order valence-corrected chi connectivity index (χ1v) is 9.29. The van der Waals surface area contributed by atoms with Crippen molar-refractivity contribution < 1.29 is 8.42 Å². The Morgan fingerprint density at radius 2 is 2.11 bits per heavy atom. The van der Waals surface area contributed by atoms with Gasteiger partial charge in [0, 0.05) is 38.5 Å². The third-order valence-electron chi connectivity index (χ3n) is 3.75. The van der Waals surface area contributed by atoms with Crippen molar-refractivity contribution in [3.63, 3.8) is 0 Å². The quantitative estimate of drug-likeness (QED) is 0.608. The van der Waals surface area contributed by atoms with Crippen LogP contribution in [0.4, 0.5) is 0 Å². The number of nitrogens with one attached hydrogen (secondary N) is 1. The molecular formula is C13H29N3O2S. The molecule has 0 saturated carbocycles. The maximum Gasteiger partial charge on any atom is 0.148 e. The molecule has 1 aliphatic heterocycles. The number of nitrogens with zero attached hydrogens (tertiary/aromatic N) is 2. The van der Waals surface area contributed by atoms with Gasteiger partial charge in [0.15, 0.2) is 0 Å². The van der Waals surface area contributed by atoms with Crippen molar-refractivity contribution in [1.29, 1.82) is 0 Å². The average molecular weight is 291 g/mol. The van der Waals surface area contributed by atoms with Crippen LogP contribution in [0.1, 0.15) is 19.8 Å². The van der Waals surface area contributed by atoms with Gasteiger partial charge in [0.1, 0.15) is 9.84 Å². The highest BCUT2D eigenvalue weighted by Gasteiger charge is 2.23. The van der Waals surface area contributed by atoms with Gasteiger partial charge in [-0.2, -0.15) is 0 Å². The molecule has 0 aromatic heterocycles. The van der Waals surface area contributed by atoms with Gasteiger partial charge in [-0.3, -0.25) is 4.90 Å². The smallest absolute Gasteiger partial charge is 0.148 e. The van der Waals surface area contributed by atoms with Crippen LogP contribution in [0.5, 0.6) is 0 Å². The maximum atomic E-state index is 11.0. The molecule has 0 aromatic carbocycles. The van der Waals surface area contributed by atoms with E-state index in [0.717, 1.165) is 26.2 Å². The largest absolute Gasteiger partial charge is 0.314 e. The molecule has 1 heterocycles. The highest BCUT2D eigenvalue weighted by atomic mass is 32.2. The van der Waals surface area contributed by atoms with Gasteiger partial charge in [0.05, 0.1) is 5.75 Å². The van der Waals surface area contributed by atoms with Crippen molar-refractivity contribution in [1.82, 2.24) is 15.1 Å². The van der Waals surface area contributed by atoms with Gasteiger partial charge in [-0.25, -0.2) is 8.42 Å². The zero-order chi connectivity index (χ0) is 14.3. The molecule has 1 rings (SSSR count). The van der Waals surface area contributed by atoms with E-state index in [1.54, 1.807) is 0 Å². The number of rotatable bonds is 9. The fourth-order valence-electron chi connectivity index (χ4n) is 2.62. The van der Waals surface area contributed by atoms with E-state index < -0.39 is 9.84 Å². The SMILES string of the molecule is CCN1CCCC1CN(C)CCNCCS(C)(=O)=O. The van der Waals surface area contributed by atoms with Crippen molar-refractivity contribution in [3.8, 4) is 0 Å². The summed E-state index contributed by atoms with van der Waals surface area (Å²) in [6.07, 6.45) is 3.90. The predicted molar refractivity (Wildman–Crippen MR) is 80.3 cm³/mol. The highest BCUT2D eigenvalue weighted by Crippen LogP contribution is 2.16. The van der Waals surface area contributed by atoms with Crippen LogP contribution in [0.2, 0.25) is 0 Å². The summed E-state index contributed by atoms with van der Waals surface area (Å²) < 4.78 is 21.9. The summed E-state index contributed by atoms with van der Waals surface area (Å²) in [6, 6.07) is 0.700. The van der Waals surface area contributed by atoms with E-state index in [0.29, 0.717) is 12.6 Å². The Morgan fingerprint density at radius 3 is 2.74 bits per heavy atom. The number of likely N-dealkylation sites (tertiary alicyclic amines) is 1. The Morgan fingerprint density at radius 1 is 1.37 bits per heavy atom. The van der Waals surface area contributed by atoms with Crippen molar-refractivity contribution >= 4 is 9.84 Å². The molecule has 0 bridgehead atoms. The van der Waals surface area contributed by atoms with Crippen LogP contribution in [-0.2, 0) is 9.84 Å². The van der Waals surface area contributed by atoms with E-state index in [9.17, 15) is 8.42 Å². The lowest BCUT2D eigenvalue weighted by Gasteiger charge is -2.27. The van der Waals surface area contributed by atoms with Crippen LogP contribution in [0.25, 0.3) is 0 Å². The van der Waals surface area contributed by atoms with Gasteiger partial charge in [-0.1, -0.05) is 6.92 Å². The minimum atomic E-state index is -2.84. The molecule has 1 N–H and O–H groups in total. The summed E-state index contributed by atoms with van der Waals surface area (Å²) in [5.41, 5.74) is 0. The Bertz CT molecular complexity index is 346. The maximum absolute atomic E-state index is 11.0. The van der Waals surface area contributed by atoms with Crippen molar-refractivity contribution in [2.75, 3.05) is 58.3 Å². The van der Waals surface area contributed by atoms with Crippen LogP contribution in [-0.4, -0.2) is 82.6 Å². The Balaban J connectivity index is 2.09. The van der Waals surface area contributed by atoms with E-state index in [1.807, 2.05) is 0 Å². The lowest BCUT2D eigenvalue weighted by atomic mass is 10.2. The van der Waals surface area contributed by atoms with Gasteiger partial charge in [0.2, 0.25) is 0 Å². The summed E-state index contributed by atoms with van der Waals surface area (Å²) in [7, 11) is -0.694. The van der Waals surface area contributed by atoms with Crippen LogP contribution in [0.3, 0.4) is 0 Å².